The first-order valence-corrected chi connectivity index (χ1v) is 6.94. The third kappa shape index (κ3) is 3.82. The average Bonchev–Trinajstić information content (AvgIpc) is 2.74. The number of rotatable bonds is 4. The van der Waals surface area contributed by atoms with Crippen molar-refractivity contribution in [3.8, 4) is 0 Å². The summed E-state index contributed by atoms with van der Waals surface area (Å²) < 4.78 is 0. The number of nitrogens with one attached hydrogen (secondary N) is 1. The number of thiazole rings is 1. The van der Waals surface area contributed by atoms with Gasteiger partial charge >= 0.3 is 0 Å². The molecule has 0 aliphatic heterocycles. The first-order chi connectivity index (χ1) is 9.04. The van der Waals surface area contributed by atoms with Gasteiger partial charge in [-0.05, 0) is 26.8 Å². The number of hydrogen-bond donors (Lipinski definition) is 1. The Kier molecular flexibility index (Phi) is 4.21. The zero-order chi connectivity index (χ0) is 13.8. The maximum absolute atomic E-state index is 11.8. The molecule has 5 nitrogen and oxygen atoms in total. The Labute approximate surface area is 116 Å². The van der Waals surface area contributed by atoms with Crippen molar-refractivity contribution >= 4 is 17.2 Å². The van der Waals surface area contributed by atoms with Gasteiger partial charge in [0.25, 0.3) is 5.91 Å². The van der Waals surface area contributed by atoms with Crippen LogP contribution in [0.2, 0.25) is 0 Å². The SMILES string of the molecule is Cc1cc(C)nc(CCNC(=O)c2csc(C)n2)n1. The average molecular weight is 276 g/mol. The molecular weight excluding hydrogens is 260 g/mol. The molecule has 0 aliphatic carbocycles. The lowest BCUT2D eigenvalue weighted by Crippen LogP contribution is -2.26. The smallest absolute Gasteiger partial charge is 0.270 e. The lowest BCUT2D eigenvalue weighted by atomic mass is 10.3. The fraction of sp³-hybridized carbons (Fsp3) is 0.385. The summed E-state index contributed by atoms with van der Waals surface area (Å²) in [7, 11) is 0. The lowest BCUT2D eigenvalue weighted by molar-refractivity contribution is 0.0949. The first-order valence-electron chi connectivity index (χ1n) is 6.06. The summed E-state index contributed by atoms with van der Waals surface area (Å²) in [5, 5.41) is 5.48. The van der Waals surface area contributed by atoms with E-state index in [0.717, 1.165) is 22.2 Å². The highest BCUT2D eigenvalue weighted by molar-refractivity contribution is 7.09. The molecule has 0 saturated heterocycles. The van der Waals surface area contributed by atoms with Crippen molar-refractivity contribution in [3.05, 3.63) is 39.4 Å². The van der Waals surface area contributed by atoms with E-state index in [1.54, 1.807) is 5.38 Å². The van der Waals surface area contributed by atoms with Crippen LogP contribution in [0.3, 0.4) is 0 Å². The predicted octanol–water partition coefficient (Wildman–Crippen LogP) is 1.83. The first kappa shape index (κ1) is 13.6. The highest BCUT2D eigenvalue weighted by atomic mass is 32.1. The number of aryl methyl sites for hydroxylation is 3. The van der Waals surface area contributed by atoms with Crippen molar-refractivity contribution in [2.24, 2.45) is 0 Å². The fourth-order valence-corrected chi connectivity index (χ4v) is 2.35. The third-order valence-corrected chi connectivity index (χ3v) is 3.29. The van der Waals surface area contributed by atoms with Crippen LogP contribution in [0.15, 0.2) is 11.4 Å². The lowest BCUT2D eigenvalue weighted by Gasteiger charge is -2.04. The van der Waals surface area contributed by atoms with E-state index in [1.807, 2.05) is 26.8 Å². The standard InChI is InChI=1S/C13H16N4OS/c1-8-6-9(2)16-12(15-8)4-5-14-13(18)11-7-19-10(3)17-11/h6-7H,4-5H2,1-3H3,(H,14,18). The summed E-state index contributed by atoms with van der Waals surface area (Å²) >= 11 is 1.47. The van der Waals surface area contributed by atoms with Crippen LogP contribution in [0, 0.1) is 20.8 Å². The van der Waals surface area contributed by atoms with Gasteiger partial charge in [0, 0.05) is 29.7 Å². The van der Waals surface area contributed by atoms with Gasteiger partial charge in [0.2, 0.25) is 0 Å². The van der Waals surface area contributed by atoms with E-state index >= 15 is 0 Å². The Bertz CT molecular complexity index is 574. The van der Waals surface area contributed by atoms with Gasteiger partial charge in [0.15, 0.2) is 0 Å². The molecule has 0 unspecified atom stereocenters. The van der Waals surface area contributed by atoms with Crippen molar-refractivity contribution in [2.45, 2.75) is 27.2 Å². The third-order valence-electron chi connectivity index (χ3n) is 2.51. The van der Waals surface area contributed by atoms with Gasteiger partial charge in [-0.1, -0.05) is 0 Å². The van der Waals surface area contributed by atoms with Crippen LogP contribution in [0.4, 0.5) is 0 Å². The summed E-state index contributed by atoms with van der Waals surface area (Å²) in [6, 6.07) is 1.93. The molecule has 19 heavy (non-hydrogen) atoms. The number of nitrogens with zero attached hydrogens (tertiary/aromatic N) is 3. The summed E-state index contributed by atoms with van der Waals surface area (Å²) in [5.74, 6) is 0.612. The molecule has 0 bridgehead atoms. The highest BCUT2D eigenvalue weighted by Gasteiger charge is 2.08. The Morgan fingerprint density at radius 3 is 2.47 bits per heavy atom. The van der Waals surface area contributed by atoms with E-state index in [2.05, 4.69) is 20.3 Å². The van der Waals surface area contributed by atoms with E-state index in [1.165, 1.54) is 11.3 Å². The van der Waals surface area contributed by atoms with Gasteiger partial charge in [-0.25, -0.2) is 15.0 Å². The largest absolute Gasteiger partial charge is 0.350 e. The van der Waals surface area contributed by atoms with Crippen molar-refractivity contribution in [1.82, 2.24) is 20.3 Å². The molecule has 0 fully saturated rings. The summed E-state index contributed by atoms with van der Waals surface area (Å²) in [6.45, 7) is 6.27. The van der Waals surface area contributed by atoms with Crippen molar-refractivity contribution in [2.75, 3.05) is 6.54 Å². The molecule has 0 radical (unpaired) electrons. The van der Waals surface area contributed by atoms with Crippen LogP contribution < -0.4 is 5.32 Å². The number of amides is 1. The molecular formula is C13H16N4OS. The van der Waals surface area contributed by atoms with Crippen LogP contribution in [-0.2, 0) is 6.42 Å². The van der Waals surface area contributed by atoms with E-state index < -0.39 is 0 Å². The van der Waals surface area contributed by atoms with Crippen LogP contribution in [-0.4, -0.2) is 27.4 Å². The van der Waals surface area contributed by atoms with Crippen molar-refractivity contribution in [1.29, 1.82) is 0 Å². The topological polar surface area (TPSA) is 67.8 Å². The van der Waals surface area contributed by atoms with E-state index in [4.69, 9.17) is 0 Å². The van der Waals surface area contributed by atoms with E-state index in [-0.39, 0.29) is 5.91 Å². The van der Waals surface area contributed by atoms with E-state index in [0.29, 0.717) is 18.7 Å². The summed E-state index contributed by atoms with van der Waals surface area (Å²) in [4.78, 5) is 24.6. The van der Waals surface area contributed by atoms with Crippen LogP contribution in [0.25, 0.3) is 0 Å². The normalized spacial score (nSPS) is 10.5. The molecule has 100 valence electrons. The van der Waals surface area contributed by atoms with Gasteiger partial charge in [-0.3, -0.25) is 4.79 Å². The summed E-state index contributed by atoms with van der Waals surface area (Å²) in [5.41, 5.74) is 2.37. The van der Waals surface area contributed by atoms with Crippen molar-refractivity contribution < 1.29 is 4.79 Å². The maximum Gasteiger partial charge on any atom is 0.270 e. The van der Waals surface area contributed by atoms with Crippen LogP contribution >= 0.6 is 11.3 Å². The Morgan fingerprint density at radius 1 is 1.21 bits per heavy atom. The molecule has 0 atom stereocenters. The molecule has 2 rings (SSSR count). The van der Waals surface area contributed by atoms with Gasteiger partial charge in [-0.15, -0.1) is 11.3 Å². The second-order valence-electron chi connectivity index (χ2n) is 4.32. The highest BCUT2D eigenvalue weighted by Crippen LogP contribution is 2.07. The monoisotopic (exact) mass is 276 g/mol. The zero-order valence-corrected chi connectivity index (χ0v) is 12.0. The van der Waals surface area contributed by atoms with E-state index in [9.17, 15) is 4.79 Å². The van der Waals surface area contributed by atoms with Gasteiger partial charge < -0.3 is 5.32 Å². The summed E-state index contributed by atoms with van der Waals surface area (Å²) in [6.07, 6.45) is 0.622. The Morgan fingerprint density at radius 2 is 1.89 bits per heavy atom. The van der Waals surface area contributed by atoms with Crippen LogP contribution in [0.1, 0.15) is 32.7 Å². The molecule has 0 saturated carbocycles. The Balaban J connectivity index is 1.88. The number of hydrogen-bond acceptors (Lipinski definition) is 5. The van der Waals surface area contributed by atoms with Crippen LogP contribution in [0.5, 0.6) is 0 Å². The zero-order valence-electron chi connectivity index (χ0n) is 11.2. The van der Waals surface area contributed by atoms with Crippen molar-refractivity contribution in [3.63, 3.8) is 0 Å². The molecule has 0 aromatic carbocycles. The minimum Gasteiger partial charge on any atom is -0.350 e. The minimum absolute atomic E-state index is 0.145. The molecule has 2 aromatic heterocycles. The quantitative estimate of drug-likeness (QED) is 0.925. The minimum atomic E-state index is -0.145. The molecule has 1 amide bonds. The molecule has 0 aliphatic rings. The predicted molar refractivity (Wildman–Crippen MR) is 74.4 cm³/mol. The molecule has 2 heterocycles. The van der Waals surface area contributed by atoms with Gasteiger partial charge in [0.05, 0.1) is 5.01 Å². The van der Waals surface area contributed by atoms with Gasteiger partial charge in [0.1, 0.15) is 11.5 Å². The Hall–Kier alpha value is -1.82. The number of carbonyl (C=O) groups is 1. The van der Waals surface area contributed by atoms with Gasteiger partial charge in [-0.2, -0.15) is 0 Å². The maximum atomic E-state index is 11.8. The second kappa shape index (κ2) is 5.88. The molecule has 6 heteroatoms. The number of carbonyl (C=O) groups excluding carboxylic acids is 1. The molecule has 1 N–H and O–H groups in total. The molecule has 2 aromatic rings. The molecule has 0 spiro atoms. The number of aromatic nitrogens is 3. The second-order valence-corrected chi connectivity index (χ2v) is 5.39. The fourth-order valence-electron chi connectivity index (χ4n) is 1.76.